The number of halogens is 1. The van der Waals surface area contributed by atoms with Crippen LogP contribution in [0.25, 0.3) is 0 Å². The first-order chi connectivity index (χ1) is 9.40. The zero-order chi connectivity index (χ0) is 14.8. The molecule has 0 atom stereocenters. The number of carbonyl (C=O) groups excluding carboxylic acids is 1. The normalized spacial score (nSPS) is 17.8. The maximum atomic E-state index is 12.1. The van der Waals surface area contributed by atoms with Gasteiger partial charge in [-0.05, 0) is 17.7 Å². The summed E-state index contributed by atoms with van der Waals surface area (Å²) in [4.78, 5) is 24.6. The van der Waals surface area contributed by atoms with E-state index in [1.54, 1.807) is 23.1 Å². The molecule has 1 saturated heterocycles. The highest BCUT2D eigenvalue weighted by Crippen LogP contribution is 2.23. The summed E-state index contributed by atoms with van der Waals surface area (Å²) in [5.74, 6) is -1.31. The maximum absolute atomic E-state index is 12.1. The Balaban J connectivity index is 1.94. The Morgan fingerprint density at radius 2 is 1.95 bits per heavy atom. The average molecular weight is 298 g/mol. The van der Waals surface area contributed by atoms with Crippen LogP contribution in [-0.4, -0.2) is 45.7 Å². The molecule has 1 amide bonds. The number of likely N-dealkylation sites (tertiary alicyclic amines) is 1. The predicted octanol–water partition coefficient (Wildman–Crippen LogP) is 1.32. The van der Waals surface area contributed by atoms with Gasteiger partial charge in [-0.25, -0.2) is 4.79 Å². The molecule has 2 rings (SSSR count). The molecule has 1 heterocycles. The van der Waals surface area contributed by atoms with Gasteiger partial charge in [0.15, 0.2) is 5.60 Å². The molecule has 108 valence electrons. The van der Waals surface area contributed by atoms with E-state index in [2.05, 4.69) is 0 Å². The Bertz CT molecular complexity index is 524. The number of benzene rings is 1. The lowest BCUT2D eigenvalue weighted by molar-refractivity contribution is -0.165. The molecule has 1 aromatic rings. The minimum atomic E-state index is -1.70. The summed E-state index contributed by atoms with van der Waals surface area (Å²) in [7, 11) is 0. The fourth-order valence-corrected chi connectivity index (χ4v) is 2.49. The number of carboxylic acid groups (broad SMARTS) is 1. The summed E-state index contributed by atoms with van der Waals surface area (Å²) in [6.45, 7) is 0.504. The van der Waals surface area contributed by atoms with E-state index < -0.39 is 11.6 Å². The SMILES string of the molecule is O=C(Cc1cccc(Cl)c1)N1CCC(O)(C(=O)O)CC1. The van der Waals surface area contributed by atoms with E-state index >= 15 is 0 Å². The van der Waals surface area contributed by atoms with Gasteiger partial charge in [-0.15, -0.1) is 0 Å². The average Bonchev–Trinajstić information content (AvgIpc) is 2.39. The Kier molecular flexibility index (Phi) is 4.30. The van der Waals surface area contributed by atoms with Crippen LogP contribution >= 0.6 is 11.6 Å². The standard InChI is InChI=1S/C14H16ClNO4/c15-11-3-1-2-10(8-11)9-12(17)16-6-4-14(20,5-7-16)13(18)19/h1-3,8,20H,4-7,9H2,(H,18,19). The molecule has 0 unspecified atom stereocenters. The molecule has 0 bridgehead atoms. The van der Waals surface area contributed by atoms with Crippen molar-refractivity contribution in [1.29, 1.82) is 0 Å². The highest BCUT2D eigenvalue weighted by atomic mass is 35.5. The molecule has 1 aromatic carbocycles. The molecule has 0 spiro atoms. The van der Waals surface area contributed by atoms with Gasteiger partial charge in [-0.2, -0.15) is 0 Å². The summed E-state index contributed by atoms with van der Waals surface area (Å²) < 4.78 is 0. The van der Waals surface area contributed by atoms with Gasteiger partial charge in [0, 0.05) is 31.0 Å². The Morgan fingerprint density at radius 1 is 1.30 bits per heavy atom. The van der Waals surface area contributed by atoms with E-state index in [0.29, 0.717) is 5.02 Å². The van der Waals surface area contributed by atoms with Crippen molar-refractivity contribution >= 4 is 23.5 Å². The van der Waals surface area contributed by atoms with E-state index in [9.17, 15) is 14.7 Å². The summed E-state index contributed by atoms with van der Waals surface area (Å²) in [5.41, 5.74) is -0.881. The Morgan fingerprint density at radius 3 is 2.50 bits per heavy atom. The third-order valence-electron chi connectivity index (χ3n) is 3.59. The second kappa shape index (κ2) is 5.81. The quantitative estimate of drug-likeness (QED) is 0.882. The van der Waals surface area contributed by atoms with Gasteiger partial charge >= 0.3 is 5.97 Å². The van der Waals surface area contributed by atoms with E-state index in [1.165, 1.54) is 0 Å². The molecule has 1 fully saturated rings. The third-order valence-corrected chi connectivity index (χ3v) is 3.82. The predicted molar refractivity (Wildman–Crippen MR) is 73.6 cm³/mol. The third kappa shape index (κ3) is 3.29. The molecule has 20 heavy (non-hydrogen) atoms. The summed E-state index contributed by atoms with van der Waals surface area (Å²) in [5, 5.41) is 19.3. The topological polar surface area (TPSA) is 77.8 Å². The van der Waals surface area contributed by atoms with Gasteiger partial charge in [0.05, 0.1) is 6.42 Å². The van der Waals surface area contributed by atoms with Crippen LogP contribution < -0.4 is 0 Å². The number of carbonyl (C=O) groups is 2. The lowest BCUT2D eigenvalue weighted by Crippen LogP contribution is -2.51. The summed E-state index contributed by atoms with van der Waals surface area (Å²) >= 11 is 5.86. The van der Waals surface area contributed by atoms with Gasteiger partial charge in [0.25, 0.3) is 0 Å². The van der Waals surface area contributed by atoms with Crippen LogP contribution in [0.2, 0.25) is 5.02 Å². The number of hydrogen-bond donors (Lipinski definition) is 2. The zero-order valence-corrected chi connectivity index (χ0v) is 11.6. The molecule has 2 N–H and O–H groups in total. The number of rotatable bonds is 3. The van der Waals surface area contributed by atoms with Gasteiger partial charge in [0.2, 0.25) is 5.91 Å². The first-order valence-electron chi connectivity index (χ1n) is 6.39. The largest absolute Gasteiger partial charge is 0.479 e. The number of aliphatic hydroxyl groups is 1. The van der Waals surface area contributed by atoms with Crippen LogP contribution in [0.3, 0.4) is 0 Å². The van der Waals surface area contributed by atoms with Crippen LogP contribution in [0.15, 0.2) is 24.3 Å². The van der Waals surface area contributed by atoms with Crippen molar-refractivity contribution < 1.29 is 19.8 Å². The van der Waals surface area contributed by atoms with Crippen molar-refractivity contribution in [3.8, 4) is 0 Å². The number of amides is 1. The van der Waals surface area contributed by atoms with Crippen molar-refractivity contribution in [3.05, 3.63) is 34.9 Å². The molecule has 0 saturated carbocycles. The maximum Gasteiger partial charge on any atom is 0.335 e. The second-order valence-corrected chi connectivity index (χ2v) is 5.46. The smallest absolute Gasteiger partial charge is 0.335 e. The number of piperidine rings is 1. The number of aliphatic carboxylic acids is 1. The Labute approximate surface area is 121 Å². The second-order valence-electron chi connectivity index (χ2n) is 5.02. The molecule has 1 aliphatic rings. The Hall–Kier alpha value is -1.59. The fourth-order valence-electron chi connectivity index (χ4n) is 2.27. The molecule has 5 nitrogen and oxygen atoms in total. The van der Waals surface area contributed by atoms with Crippen LogP contribution in [0.4, 0.5) is 0 Å². The van der Waals surface area contributed by atoms with Crippen LogP contribution in [0.5, 0.6) is 0 Å². The van der Waals surface area contributed by atoms with Gasteiger partial charge < -0.3 is 15.1 Å². The van der Waals surface area contributed by atoms with Crippen molar-refractivity contribution in [3.63, 3.8) is 0 Å². The zero-order valence-electron chi connectivity index (χ0n) is 10.9. The lowest BCUT2D eigenvalue weighted by atomic mass is 9.91. The first kappa shape index (κ1) is 14.8. The number of nitrogens with zero attached hydrogens (tertiary/aromatic N) is 1. The molecule has 0 aromatic heterocycles. The van der Waals surface area contributed by atoms with Crippen molar-refractivity contribution in [2.75, 3.05) is 13.1 Å². The highest BCUT2D eigenvalue weighted by molar-refractivity contribution is 6.30. The molecular weight excluding hydrogens is 282 g/mol. The van der Waals surface area contributed by atoms with Crippen LogP contribution in [0.1, 0.15) is 18.4 Å². The van der Waals surface area contributed by atoms with Crippen LogP contribution in [0, 0.1) is 0 Å². The van der Waals surface area contributed by atoms with Gasteiger partial charge in [-0.1, -0.05) is 23.7 Å². The van der Waals surface area contributed by atoms with Crippen molar-refractivity contribution in [2.45, 2.75) is 24.9 Å². The molecular formula is C14H16ClNO4. The van der Waals surface area contributed by atoms with Crippen LogP contribution in [-0.2, 0) is 16.0 Å². The highest BCUT2D eigenvalue weighted by Gasteiger charge is 2.40. The van der Waals surface area contributed by atoms with E-state index in [1.807, 2.05) is 6.07 Å². The number of hydrogen-bond acceptors (Lipinski definition) is 3. The summed E-state index contributed by atoms with van der Waals surface area (Å²) in [6.07, 6.45) is 0.347. The number of carboxylic acids is 1. The minimum absolute atomic E-state index is 0.0591. The molecule has 0 aliphatic carbocycles. The minimum Gasteiger partial charge on any atom is -0.479 e. The van der Waals surface area contributed by atoms with Crippen molar-refractivity contribution in [2.24, 2.45) is 0 Å². The monoisotopic (exact) mass is 297 g/mol. The molecule has 0 radical (unpaired) electrons. The van der Waals surface area contributed by atoms with E-state index in [-0.39, 0.29) is 38.3 Å². The summed E-state index contributed by atoms with van der Waals surface area (Å²) in [6, 6.07) is 7.08. The van der Waals surface area contributed by atoms with E-state index in [0.717, 1.165) is 5.56 Å². The van der Waals surface area contributed by atoms with Gasteiger partial charge in [0.1, 0.15) is 0 Å². The van der Waals surface area contributed by atoms with Gasteiger partial charge in [-0.3, -0.25) is 4.79 Å². The van der Waals surface area contributed by atoms with E-state index in [4.69, 9.17) is 16.7 Å². The van der Waals surface area contributed by atoms with Crippen molar-refractivity contribution in [1.82, 2.24) is 4.90 Å². The molecule has 6 heteroatoms. The first-order valence-corrected chi connectivity index (χ1v) is 6.76. The molecule has 1 aliphatic heterocycles. The lowest BCUT2D eigenvalue weighted by Gasteiger charge is -2.35. The fraction of sp³-hybridized carbons (Fsp3) is 0.429.